The van der Waals surface area contributed by atoms with Gasteiger partial charge in [0.15, 0.2) is 5.78 Å². The van der Waals surface area contributed by atoms with E-state index >= 15 is 0 Å². The van der Waals surface area contributed by atoms with Crippen LogP contribution in [0.2, 0.25) is 0 Å². The van der Waals surface area contributed by atoms with Crippen molar-refractivity contribution in [3.63, 3.8) is 0 Å². The van der Waals surface area contributed by atoms with E-state index in [0.717, 1.165) is 60.0 Å². The SMILES string of the molecule is CCCC[C@H](NC(=O)OC1(Cc2ccccc2)CCCC1)C(=O)C(C#N)=P(c1ccccc1)(c1ccccc1)c1ccccc1. The first-order valence-electron chi connectivity index (χ1n) is 15.9. The van der Waals surface area contributed by atoms with Crippen LogP contribution in [0.5, 0.6) is 0 Å². The topological polar surface area (TPSA) is 79.2 Å². The molecule has 1 aliphatic carbocycles. The van der Waals surface area contributed by atoms with Gasteiger partial charge in [-0.05, 0) is 60.5 Å². The van der Waals surface area contributed by atoms with Crippen molar-refractivity contribution in [1.29, 1.82) is 5.26 Å². The number of unbranched alkanes of at least 4 members (excludes halogenated alkanes) is 1. The summed E-state index contributed by atoms with van der Waals surface area (Å²) in [6, 6.07) is 41.2. The molecule has 1 atom stereocenters. The molecular weight excluding hydrogens is 575 g/mol. The van der Waals surface area contributed by atoms with Gasteiger partial charge in [-0.1, -0.05) is 141 Å². The zero-order chi connectivity index (χ0) is 31.5. The van der Waals surface area contributed by atoms with E-state index in [1.165, 1.54) is 0 Å². The molecule has 1 fully saturated rings. The van der Waals surface area contributed by atoms with E-state index in [0.29, 0.717) is 12.8 Å². The summed E-state index contributed by atoms with van der Waals surface area (Å²) in [7, 11) is 0. The number of carbonyl (C=O) groups excluding carboxylic acids is 2. The lowest BCUT2D eigenvalue weighted by atomic mass is 9.92. The third kappa shape index (κ3) is 7.14. The Morgan fingerprint density at radius 1 is 0.800 bits per heavy atom. The third-order valence-corrected chi connectivity index (χ3v) is 13.0. The molecule has 5 nitrogen and oxygen atoms in total. The lowest BCUT2D eigenvalue weighted by molar-refractivity contribution is -0.114. The fourth-order valence-corrected chi connectivity index (χ4v) is 10.8. The van der Waals surface area contributed by atoms with E-state index in [-0.39, 0.29) is 11.1 Å². The molecule has 4 aromatic rings. The van der Waals surface area contributed by atoms with Gasteiger partial charge in [-0.15, -0.1) is 0 Å². The molecule has 0 unspecified atom stereocenters. The van der Waals surface area contributed by atoms with Crippen molar-refractivity contribution in [2.75, 3.05) is 0 Å². The predicted molar refractivity (Wildman–Crippen MR) is 185 cm³/mol. The number of ether oxygens (including phenoxy) is 1. The number of carbonyl (C=O) groups is 2. The van der Waals surface area contributed by atoms with Gasteiger partial charge in [-0.3, -0.25) is 4.79 Å². The number of nitriles is 1. The molecule has 0 bridgehead atoms. The number of hydrogen-bond donors (Lipinski definition) is 1. The quantitative estimate of drug-likeness (QED) is 0.173. The van der Waals surface area contributed by atoms with Crippen LogP contribution in [0.1, 0.15) is 57.4 Å². The minimum atomic E-state index is -2.92. The molecule has 6 heteroatoms. The van der Waals surface area contributed by atoms with Gasteiger partial charge < -0.3 is 10.1 Å². The Morgan fingerprint density at radius 2 is 1.27 bits per heavy atom. The Hall–Kier alpha value is -4.39. The van der Waals surface area contributed by atoms with Crippen molar-refractivity contribution in [1.82, 2.24) is 5.32 Å². The fourth-order valence-electron chi connectivity index (χ4n) is 6.60. The number of hydrogen-bond acceptors (Lipinski definition) is 4. The number of ketones is 1. The number of alkyl carbamates (subject to hydrolysis) is 1. The van der Waals surface area contributed by atoms with E-state index in [1.54, 1.807) is 0 Å². The average Bonchev–Trinajstić information content (AvgIpc) is 3.54. The predicted octanol–water partition coefficient (Wildman–Crippen LogP) is 7.09. The van der Waals surface area contributed by atoms with Crippen molar-refractivity contribution >= 4 is 40.0 Å². The summed E-state index contributed by atoms with van der Waals surface area (Å²) in [5.74, 6) is -0.351. The van der Waals surface area contributed by atoms with E-state index in [9.17, 15) is 14.9 Å². The normalized spacial score (nSPS) is 14.6. The monoisotopic (exact) mass is 616 g/mol. The first-order chi connectivity index (χ1) is 22.0. The zero-order valence-electron chi connectivity index (χ0n) is 25.9. The number of rotatable bonds is 12. The molecule has 1 saturated carbocycles. The van der Waals surface area contributed by atoms with E-state index in [4.69, 9.17) is 4.74 Å². The van der Waals surface area contributed by atoms with Crippen LogP contribution in [-0.4, -0.2) is 28.8 Å². The molecule has 1 N–H and O–H groups in total. The maximum Gasteiger partial charge on any atom is 0.408 e. The summed E-state index contributed by atoms with van der Waals surface area (Å²) in [6.45, 7) is -0.870. The van der Waals surface area contributed by atoms with Crippen LogP contribution in [-0.2, 0) is 16.0 Å². The fraction of sp³-hybridized carbons (Fsp3) is 0.282. The van der Waals surface area contributed by atoms with Crippen LogP contribution in [0.25, 0.3) is 0 Å². The molecule has 1 aliphatic rings. The van der Waals surface area contributed by atoms with Crippen LogP contribution >= 0.6 is 6.89 Å². The maximum atomic E-state index is 14.8. The summed E-state index contributed by atoms with van der Waals surface area (Å²) in [4.78, 5) is 28.5. The van der Waals surface area contributed by atoms with Crippen molar-refractivity contribution < 1.29 is 14.3 Å². The number of amides is 1. The van der Waals surface area contributed by atoms with Crippen LogP contribution in [0, 0.1) is 11.3 Å². The first-order valence-corrected chi connectivity index (χ1v) is 17.7. The maximum absolute atomic E-state index is 14.8. The molecule has 0 aliphatic heterocycles. The standard InChI is InChI=1S/C39H41N2O3P/c1-2-3-26-35(41-38(43)44-39(27-16-17-28-39)29-31-18-8-4-9-19-31)37(42)36(30-40)45(32-20-10-5-11-21-32,33-22-12-6-13-23-33)34-24-14-7-15-25-34/h4-15,18-25,35H,2-3,16-17,26-29H2,1H3,(H,41,43)/t35-/m0/s1. The molecule has 0 heterocycles. The van der Waals surface area contributed by atoms with Gasteiger partial charge in [0.25, 0.3) is 0 Å². The van der Waals surface area contributed by atoms with Gasteiger partial charge in [0, 0.05) is 6.42 Å². The summed E-state index contributed by atoms with van der Waals surface area (Å²) in [6.07, 6.45) is 5.56. The van der Waals surface area contributed by atoms with Crippen LogP contribution in [0.4, 0.5) is 4.79 Å². The molecule has 0 radical (unpaired) electrons. The van der Waals surface area contributed by atoms with Crippen molar-refractivity contribution in [3.8, 4) is 6.07 Å². The summed E-state index contributed by atoms with van der Waals surface area (Å²) < 4.78 is 6.23. The van der Waals surface area contributed by atoms with Gasteiger partial charge in [0.05, 0.1) is 6.04 Å². The molecule has 0 saturated heterocycles. The minimum Gasteiger partial charge on any atom is -0.443 e. The van der Waals surface area contributed by atoms with Crippen LogP contribution in [0.15, 0.2) is 121 Å². The highest BCUT2D eigenvalue weighted by Gasteiger charge is 2.40. The molecule has 0 spiro atoms. The Balaban J connectivity index is 1.59. The third-order valence-electron chi connectivity index (χ3n) is 8.75. The summed E-state index contributed by atoms with van der Waals surface area (Å²) in [5.41, 5.74) is 0.509. The summed E-state index contributed by atoms with van der Waals surface area (Å²) in [5, 5.41) is 16.8. The van der Waals surface area contributed by atoms with E-state index in [1.807, 2.05) is 109 Å². The molecule has 230 valence electrons. The van der Waals surface area contributed by atoms with Crippen LogP contribution < -0.4 is 21.2 Å². The molecule has 5 rings (SSSR count). The lowest BCUT2D eigenvalue weighted by Crippen LogP contribution is -2.48. The number of benzene rings is 4. The molecule has 45 heavy (non-hydrogen) atoms. The second-order valence-electron chi connectivity index (χ2n) is 11.8. The molecular formula is C39H41N2O3P. The highest BCUT2D eigenvalue weighted by molar-refractivity contribution is 7.97. The highest BCUT2D eigenvalue weighted by Crippen LogP contribution is 2.46. The number of Topliss-reactive ketones (excluding diaryl/α,β-unsaturated/α-hetero) is 1. The van der Waals surface area contributed by atoms with Gasteiger partial charge in [-0.25, -0.2) is 4.79 Å². The largest absolute Gasteiger partial charge is 0.443 e. The zero-order valence-corrected chi connectivity index (χ0v) is 26.8. The van der Waals surface area contributed by atoms with Crippen molar-refractivity contribution in [3.05, 3.63) is 127 Å². The highest BCUT2D eigenvalue weighted by atomic mass is 31.2. The second kappa shape index (κ2) is 15.1. The van der Waals surface area contributed by atoms with Gasteiger partial charge in [0.2, 0.25) is 0 Å². The Kier molecular flexibility index (Phi) is 10.7. The van der Waals surface area contributed by atoms with Gasteiger partial charge in [-0.2, -0.15) is 5.26 Å². The van der Waals surface area contributed by atoms with Gasteiger partial charge in [0.1, 0.15) is 17.0 Å². The Bertz CT molecular complexity index is 1560. The molecule has 0 aromatic heterocycles. The van der Waals surface area contributed by atoms with Crippen molar-refractivity contribution in [2.24, 2.45) is 0 Å². The smallest absolute Gasteiger partial charge is 0.408 e. The average molecular weight is 617 g/mol. The van der Waals surface area contributed by atoms with Crippen LogP contribution in [0.3, 0.4) is 0 Å². The van der Waals surface area contributed by atoms with E-state index < -0.39 is 24.6 Å². The number of nitrogens with one attached hydrogen (secondary N) is 1. The van der Waals surface area contributed by atoms with Crippen molar-refractivity contribution in [2.45, 2.75) is 69.9 Å². The lowest BCUT2D eigenvalue weighted by Gasteiger charge is -2.32. The Labute approximate surface area is 267 Å². The summed E-state index contributed by atoms with van der Waals surface area (Å²) >= 11 is 0. The minimum absolute atomic E-state index is 0.173. The molecule has 4 aromatic carbocycles. The second-order valence-corrected chi connectivity index (χ2v) is 15.1. The number of nitrogens with zero attached hydrogens (tertiary/aromatic N) is 1. The first kappa shape index (κ1) is 32.0. The van der Waals surface area contributed by atoms with E-state index in [2.05, 4.69) is 30.4 Å². The Morgan fingerprint density at radius 3 is 1.71 bits per heavy atom. The molecule has 1 amide bonds. The van der Waals surface area contributed by atoms with Gasteiger partial charge >= 0.3 is 6.09 Å².